The molecule has 4 rings (SSSR count). The molecule has 3 aromatic rings. The summed E-state index contributed by atoms with van der Waals surface area (Å²) < 4.78 is 3.47. The Kier molecular flexibility index (Phi) is 4.12. The van der Waals surface area contributed by atoms with Crippen LogP contribution in [0.15, 0.2) is 51.8 Å². The average molecular weight is 403 g/mol. The van der Waals surface area contributed by atoms with Crippen LogP contribution >= 0.6 is 27.7 Å². The lowest BCUT2D eigenvalue weighted by Gasteiger charge is -2.10. The standard InChI is InChI=1S/C18H15BrN2O2S/c19-13-5-6-15-14(9-13)17-16(7-8-24-17)21(15)10-11-1-3-12(4-2-11)18(22)20-23/h1-6,9,23H,7-8,10H2,(H,20,22). The fraction of sp³-hybridized carbons (Fsp3) is 0.167. The number of benzene rings is 2. The van der Waals surface area contributed by atoms with Gasteiger partial charge in [0.15, 0.2) is 0 Å². The van der Waals surface area contributed by atoms with E-state index >= 15 is 0 Å². The van der Waals surface area contributed by atoms with Gasteiger partial charge in [-0.2, -0.15) is 0 Å². The monoisotopic (exact) mass is 402 g/mol. The summed E-state index contributed by atoms with van der Waals surface area (Å²) >= 11 is 5.49. The topological polar surface area (TPSA) is 54.3 Å². The van der Waals surface area contributed by atoms with E-state index in [0.29, 0.717) is 5.56 Å². The number of hydrogen-bond donors (Lipinski definition) is 2. The van der Waals surface area contributed by atoms with Crippen molar-refractivity contribution in [3.63, 3.8) is 0 Å². The van der Waals surface area contributed by atoms with E-state index in [1.165, 1.54) is 21.5 Å². The summed E-state index contributed by atoms with van der Waals surface area (Å²) in [4.78, 5) is 12.8. The maximum absolute atomic E-state index is 11.4. The normalized spacial score (nSPS) is 13.2. The van der Waals surface area contributed by atoms with Crippen LogP contribution in [-0.4, -0.2) is 21.4 Å². The molecule has 2 heterocycles. The second-order valence-electron chi connectivity index (χ2n) is 5.76. The first-order valence-electron chi connectivity index (χ1n) is 7.64. The van der Waals surface area contributed by atoms with Crippen LogP contribution < -0.4 is 5.48 Å². The quantitative estimate of drug-likeness (QED) is 0.509. The Morgan fingerprint density at radius 2 is 2.04 bits per heavy atom. The van der Waals surface area contributed by atoms with Gasteiger partial charge in [0, 0.05) is 43.8 Å². The van der Waals surface area contributed by atoms with Crippen molar-refractivity contribution in [2.75, 3.05) is 5.75 Å². The van der Waals surface area contributed by atoms with Gasteiger partial charge in [0.2, 0.25) is 0 Å². The number of nitrogens with one attached hydrogen (secondary N) is 1. The molecule has 0 saturated heterocycles. The molecule has 2 N–H and O–H groups in total. The summed E-state index contributed by atoms with van der Waals surface area (Å²) in [7, 11) is 0. The molecule has 1 aromatic heterocycles. The minimum absolute atomic E-state index is 0.448. The molecular weight excluding hydrogens is 388 g/mol. The van der Waals surface area contributed by atoms with Crippen molar-refractivity contribution in [3.8, 4) is 0 Å². The van der Waals surface area contributed by atoms with Gasteiger partial charge in [-0.3, -0.25) is 10.0 Å². The van der Waals surface area contributed by atoms with Gasteiger partial charge in [0.1, 0.15) is 0 Å². The van der Waals surface area contributed by atoms with E-state index in [1.54, 1.807) is 17.6 Å². The molecule has 0 fully saturated rings. The summed E-state index contributed by atoms with van der Waals surface area (Å²) in [5.74, 6) is 0.637. The van der Waals surface area contributed by atoms with Crippen molar-refractivity contribution >= 4 is 44.5 Å². The minimum atomic E-state index is -0.491. The largest absolute Gasteiger partial charge is 0.339 e. The predicted octanol–water partition coefficient (Wildman–Crippen LogP) is 4.22. The first-order chi connectivity index (χ1) is 11.7. The van der Waals surface area contributed by atoms with E-state index in [2.05, 4.69) is 38.7 Å². The van der Waals surface area contributed by atoms with Crippen LogP contribution in [0.1, 0.15) is 21.6 Å². The molecule has 1 aliphatic heterocycles. The SMILES string of the molecule is O=C(NO)c1ccc(Cn2c3c(c4cc(Br)ccc42)SCC3)cc1. The summed E-state index contributed by atoms with van der Waals surface area (Å²) in [6, 6.07) is 13.8. The molecule has 0 aliphatic carbocycles. The third-order valence-corrected chi connectivity index (χ3v) is 5.97. The summed E-state index contributed by atoms with van der Waals surface area (Å²) in [5, 5.41) is 10.0. The molecular formula is C18H15BrN2O2S. The van der Waals surface area contributed by atoms with Crippen LogP contribution in [0.2, 0.25) is 0 Å². The summed E-state index contributed by atoms with van der Waals surface area (Å²) in [6.07, 6.45) is 1.08. The average Bonchev–Trinajstić information content (AvgIpc) is 3.18. The Morgan fingerprint density at radius 3 is 2.79 bits per heavy atom. The van der Waals surface area contributed by atoms with Crippen LogP contribution in [0.5, 0.6) is 0 Å². The highest BCUT2D eigenvalue weighted by Gasteiger charge is 2.22. The van der Waals surface area contributed by atoms with E-state index in [-0.39, 0.29) is 0 Å². The smallest absolute Gasteiger partial charge is 0.274 e. The number of rotatable bonds is 3. The lowest BCUT2D eigenvalue weighted by Crippen LogP contribution is -2.18. The van der Waals surface area contributed by atoms with Gasteiger partial charge < -0.3 is 4.57 Å². The highest BCUT2D eigenvalue weighted by atomic mass is 79.9. The molecule has 4 nitrogen and oxygen atoms in total. The maximum Gasteiger partial charge on any atom is 0.274 e. The highest BCUT2D eigenvalue weighted by Crippen LogP contribution is 2.41. The second kappa shape index (κ2) is 6.27. The van der Waals surface area contributed by atoms with Crippen molar-refractivity contribution in [1.82, 2.24) is 10.0 Å². The van der Waals surface area contributed by atoms with E-state index in [4.69, 9.17) is 5.21 Å². The number of halogens is 1. The van der Waals surface area contributed by atoms with Crippen LogP contribution in [0.4, 0.5) is 0 Å². The highest BCUT2D eigenvalue weighted by molar-refractivity contribution is 9.10. The zero-order valence-electron chi connectivity index (χ0n) is 12.8. The van der Waals surface area contributed by atoms with E-state index in [9.17, 15) is 4.79 Å². The van der Waals surface area contributed by atoms with Crippen molar-refractivity contribution in [2.24, 2.45) is 0 Å². The minimum Gasteiger partial charge on any atom is -0.339 e. The van der Waals surface area contributed by atoms with Crippen LogP contribution in [-0.2, 0) is 13.0 Å². The zero-order chi connectivity index (χ0) is 16.7. The Balaban J connectivity index is 1.74. The Morgan fingerprint density at radius 1 is 1.25 bits per heavy atom. The fourth-order valence-corrected chi connectivity index (χ4v) is 4.76. The number of fused-ring (bicyclic) bond motifs is 3. The molecule has 1 aliphatic rings. The molecule has 1 amide bonds. The van der Waals surface area contributed by atoms with Crippen molar-refractivity contribution < 1.29 is 10.0 Å². The molecule has 6 heteroatoms. The number of amides is 1. The Bertz CT molecular complexity index is 934. The van der Waals surface area contributed by atoms with Crippen molar-refractivity contribution in [3.05, 3.63) is 63.8 Å². The maximum atomic E-state index is 11.4. The number of hydrogen-bond acceptors (Lipinski definition) is 3. The van der Waals surface area contributed by atoms with E-state index < -0.39 is 5.91 Å². The van der Waals surface area contributed by atoms with Crippen molar-refractivity contribution in [2.45, 2.75) is 17.9 Å². The Hall–Kier alpha value is -1.76. The second-order valence-corrected chi connectivity index (χ2v) is 7.78. The molecule has 2 aromatic carbocycles. The lowest BCUT2D eigenvalue weighted by atomic mass is 10.1. The summed E-state index contributed by atoms with van der Waals surface area (Å²) in [6.45, 7) is 0.773. The molecule has 0 unspecified atom stereocenters. The number of thioether (sulfide) groups is 1. The molecule has 0 radical (unpaired) electrons. The van der Waals surface area contributed by atoms with Gasteiger partial charge in [0.25, 0.3) is 5.91 Å². The number of carbonyl (C=O) groups excluding carboxylic acids is 1. The molecule has 24 heavy (non-hydrogen) atoms. The van der Waals surface area contributed by atoms with Gasteiger partial charge >= 0.3 is 0 Å². The molecule has 0 bridgehead atoms. The molecule has 0 atom stereocenters. The van der Waals surface area contributed by atoms with Crippen LogP contribution in [0.3, 0.4) is 0 Å². The number of hydroxylamine groups is 1. The molecule has 0 spiro atoms. The zero-order valence-corrected chi connectivity index (χ0v) is 15.2. The molecule has 0 saturated carbocycles. The number of nitrogens with zero attached hydrogens (tertiary/aromatic N) is 1. The van der Waals surface area contributed by atoms with Gasteiger partial charge in [-0.25, -0.2) is 5.48 Å². The van der Waals surface area contributed by atoms with Gasteiger partial charge in [0.05, 0.1) is 0 Å². The van der Waals surface area contributed by atoms with Crippen LogP contribution in [0.25, 0.3) is 10.9 Å². The first kappa shape index (κ1) is 15.7. The fourth-order valence-electron chi connectivity index (χ4n) is 3.20. The first-order valence-corrected chi connectivity index (χ1v) is 9.42. The van der Waals surface area contributed by atoms with E-state index in [1.807, 2.05) is 23.9 Å². The molecule has 122 valence electrons. The van der Waals surface area contributed by atoms with Gasteiger partial charge in [-0.15, -0.1) is 11.8 Å². The Labute approximate surface area is 151 Å². The summed E-state index contributed by atoms with van der Waals surface area (Å²) in [5.41, 5.74) is 5.87. The number of aromatic nitrogens is 1. The third kappa shape index (κ3) is 2.64. The van der Waals surface area contributed by atoms with Gasteiger partial charge in [-0.05, 0) is 42.3 Å². The third-order valence-electron chi connectivity index (χ3n) is 4.33. The number of carbonyl (C=O) groups is 1. The van der Waals surface area contributed by atoms with Crippen LogP contribution in [0, 0.1) is 0 Å². The lowest BCUT2D eigenvalue weighted by molar-refractivity contribution is 0.0706. The predicted molar refractivity (Wildman–Crippen MR) is 98.9 cm³/mol. The van der Waals surface area contributed by atoms with Crippen molar-refractivity contribution in [1.29, 1.82) is 0 Å². The van der Waals surface area contributed by atoms with E-state index in [0.717, 1.165) is 28.8 Å². The van der Waals surface area contributed by atoms with Gasteiger partial charge in [-0.1, -0.05) is 28.1 Å².